The van der Waals surface area contributed by atoms with Crippen molar-refractivity contribution in [1.82, 2.24) is 5.43 Å². The first-order valence-corrected chi connectivity index (χ1v) is 5.50. The molecule has 0 saturated heterocycles. The number of hydrogen-bond acceptors (Lipinski definition) is 7. The maximum Gasteiger partial charge on any atom is 0.427 e. The van der Waals surface area contributed by atoms with E-state index in [1.165, 1.54) is 13.2 Å². The summed E-state index contributed by atoms with van der Waals surface area (Å²) in [6.07, 6.45) is 0.412. The molecule has 1 aromatic carbocycles. The number of amides is 1. The number of phenolic OH excluding ortho intramolecular Hbond substituents is 1. The molecule has 0 aliphatic rings. The molecule has 0 bridgehead atoms. The summed E-state index contributed by atoms with van der Waals surface area (Å²) < 4.78 is 9.38. The van der Waals surface area contributed by atoms with Crippen LogP contribution in [0.25, 0.3) is 0 Å². The fourth-order valence-electron chi connectivity index (χ4n) is 1.31. The van der Waals surface area contributed by atoms with E-state index in [2.05, 4.69) is 15.3 Å². The number of nitro groups is 1. The summed E-state index contributed by atoms with van der Waals surface area (Å²) in [6, 6.07) is 2.42. The van der Waals surface area contributed by atoms with Crippen LogP contribution in [0.4, 0.5) is 10.5 Å². The maximum absolute atomic E-state index is 11.0. The molecule has 2 N–H and O–H groups in total. The molecule has 0 unspecified atom stereocenters. The molecular weight excluding hydrogens is 270 g/mol. The van der Waals surface area contributed by atoms with Gasteiger partial charge in [0.1, 0.15) is 0 Å². The smallest absolute Gasteiger partial charge is 0.427 e. The van der Waals surface area contributed by atoms with E-state index in [4.69, 9.17) is 4.74 Å². The number of nitro benzene ring substituents is 1. The largest absolute Gasteiger partial charge is 0.500 e. The lowest BCUT2D eigenvalue weighted by atomic mass is 10.2. The first kappa shape index (κ1) is 15.2. The van der Waals surface area contributed by atoms with Gasteiger partial charge in [0.05, 0.1) is 24.9 Å². The van der Waals surface area contributed by atoms with Gasteiger partial charge in [-0.3, -0.25) is 10.1 Å². The third-order valence-corrected chi connectivity index (χ3v) is 2.14. The van der Waals surface area contributed by atoms with Crippen molar-refractivity contribution >= 4 is 18.0 Å². The number of aromatic hydroxyl groups is 1. The maximum atomic E-state index is 11.0. The van der Waals surface area contributed by atoms with Crippen molar-refractivity contribution in [2.75, 3.05) is 13.7 Å². The van der Waals surface area contributed by atoms with Crippen LogP contribution in [0.15, 0.2) is 17.2 Å². The molecule has 0 radical (unpaired) electrons. The quantitative estimate of drug-likeness (QED) is 0.478. The van der Waals surface area contributed by atoms with Gasteiger partial charge >= 0.3 is 11.8 Å². The molecule has 0 aliphatic carbocycles. The Bertz CT molecular complexity index is 543. The Morgan fingerprint density at radius 2 is 2.30 bits per heavy atom. The fraction of sp³-hybridized carbons (Fsp3) is 0.273. The normalized spacial score (nSPS) is 10.3. The molecule has 1 amide bonds. The van der Waals surface area contributed by atoms with Crippen molar-refractivity contribution in [3.8, 4) is 11.5 Å². The highest BCUT2D eigenvalue weighted by atomic mass is 16.6. The molecule has 0 heterocycles. The molecule has 9 nitrogen and oxygen atoms in total. The number of rotatable bonds is 5. The zero-order valence-electron chi connectivity index (χ0n) is 10.8. The number of benzene rings is 1. The summed E-state index contributed by atoms with van der Waals surface area (Å²) in [5.41, 5.74) is 1.81. The predicted octanol–water partition coefficient (Wildman–Crippen LogP) is 1.39. The second kappa shape index (κ2) is 6.92. The zero-order valence-corrected chi connectivity index (χ0v) is 10.8. The van der Waals surface area contributed by atoms with E-state index in [9.17, 15) is 20.0 Å². The number of hydrazone groups is 1. The summed E-state index contributed by atoms with van der Waals surface area (Å²) in [4.78, 5) is 21.0. The van der Waals surface area contributed by atoms with Gasteiger partial charge in [0.15, 0.2) is 5.75 Å². The Labute approximate surface area is 114 Å². The molecule has 9 heteroatoms. The van der Waals surface area contributed by atoms with Crippen molar-refractivity contribution in [3.63, 3.8) is 0 Å². The number of nitrogens with zero attached hydrogens (tertiary/aromatic N) is 2. The molecule has 0 aliphatic heterocycles. The molecule has 0 saturated carbocycles. The predicted molar refractivity (Wildman–Crippen MR) is 69.1 cm³/mol. The van der Waals surface area contributed by atoms with Crippen molar-refractivity contribution in [3.05, 3.63) is 27.8 Å². The topological polar surface area (TPSA) is 123 Å². The number of carbonyl (C=O) groups is 1. The highest BCUT2D eigenvalue weighted by Crippen LogP contribution is 2.36. The SMILES string of the molecule is CCOC(=O)N/N=C\c1cc(OC)c(O)c([N+](=O)[O-])c1. The van der Waals surface area contributed by atoms with E-state index >= 15 is 0 Å². The van der Waals surface area contributed by atoms with Crippen molar-refractivity contribution in [1.29, 1.82) is 0 Å². The molecule has 20 heavy (non-hydrogen) atoms. The van der Waals surface area contributed by atoms with Gasteiger partial charge in [0, 0.05) is 11.6 Å². The highest BCUT2D eigenvalue weighted by Gasteiger charge is 2.19. The Kier molecular flexibility index (Phi) is 5.27. The van der Waals surface area contributed by atoms with Crippen LogP contribution in [0, 0.1) is 10.1 Å². The van der Waals surface area contributed by atoms with Gasteiger partial charge in [-0.1, -0.05) is 0 Å². The Hall–Kier alpha value is -2.84. The summed E-state index contributed by atoms with van der Waals surface area (Å²) in [6.45, 7) is 1.83. The van der Waals surface area contributed by atoms with E-state index < -0.39 is 22.5 Å². The number of ether oxygens (including phenoxy) is 2. The standard InChI is InChI=1S/C11H13N3O6/c1-3-20-11(16)13-12-6-7-4-8(14(17)18)10(15)9(5-7)19-2/h4-6,15H,3H2,1-2H3,(H,13,16)/b12-6-. The lowest BCUT2D eigenvalue weighted by Gasteiger charge is -2.05. The van der Waals surface area contributed by atoms with Crippen LogP contribution in [-0.4, -0.2) is 36.1 Å². The van der Waals surface area contributed by atoms with Crippen LogP contribution in [0.3, 0.4) is 0 Å². The van der Waals surface area contributed by atoms with Gasteiger partial charge in [-0.2, -0.15) is 5.10 Å². The van der Waals surface area contributed by atoms with Crippen LogP contribution in [0.5, 0.6) is 11.5 Å². The molecule has 0 spiro atoms. The second-order valence-electron chi connectivity index (χ2n) is 3.44. The summed E-state index contributed by atoms with van der Waals surface area (Å²) >= 11 is 0. The minimum Gasteiger partial charge on any atom is -0.500 e. The lowest BCUT2D eigenvalue weighted by molar-refractivity contribution is -0.386. The first-order chi connectivity index (χ1) is 9.49. The van der Waals surface area contributed by atoms with Crippen LogP contribution in [0.2, 0.25) is 0 Å². The lowest BCUT2D eigenvalue weighted by Crippen LogP contribution is -2.18. The Morgan fingerprint density at radius 1 is 1.60 bits per heavy atom. The average molecular weight is 283 g/mol. The van der Waals surface area contributed by atoms with Gasteiger partial charge in [-0.25, -0.2) is 10.2 Å². The van der Waals surface area contributed by atoms with Gasteiger partial charge in [0.25, 0.3) is 0 Å². The third kappa shape index (κ3) is 3.83. The van der Waals surface area contributed by atoms with Crippen molar-refractivity contribution < 1.29 is 24.3 Å². The van der Waals surface area contributed by atoms with Gasteiger partial charge < -0.3 is 14.6 Å². The number of methoxy groups -OCH3 is 1. The highest BCUT2D eigenvalue weighted by molar-refractivity contribution is 5.84. The molecule has 0 aromatic heterocycles. The molecule has 0 fully saturated rings. The molecule has 108 valence electrons. The van der Waals surface area contributed by atoms with Crippen LogP contribution >= 0.6 is 0 Å². The van der Waals surface area contributed by atoms with Gasteiger partial charge in [0.2, 0.25) is 5.75 Å². The van der Waals surface area contributed by atoms with E-state index in [0.29, 0.717) is 0 Å². The minimum atomic E-state index is -0.756. The molecule has 0 atom stereocenters. The van der Waals surface area contributed by atoms with E-state index in [0.717, 1.165) is 12.3 Å². The molecular formula is C11H13N3O6. The zero-order chi connectivity index (χ0) is 15.1. The fourth-order valence-corrected chi connectivity index (χ4v) is 1.31. The third-order valence-electron chi connectivity index (χ3n) is 2.14. The monoisotopic (exact) mass is 283 g/mol. The minimum absolute atomic E-state index is 0.0724. The van der Waals surface area contributed by atoms with Crippen LogP contribution in [-0.2, 0) is 4.74 Å². The average Bonchev–Trinajstić information content (AvgIpc) is 2.40. The van der Waals surface area contributed by atoms with Crippen LogP contribution < -0.4 is 10.2 Å². The first-order valence-electron chi connectivity index (χ1n) is 5.50. The van der Waals surface area contributed by atoms with Crippen molar-refractivity contribution in [2.24, 2.45) is 5.10 Å². The van der Waals surface area contributed by atoms with E-state index in [-0.39, 0.29) is 17.9 Å². The Morgan fingerprint density at radius 3 is 2.85 bits per heavy atom. The molecule has 1 aromatic rings. The van der Waals surface area contributed by atoms with E-state index in [1.807, 2.05) is 0 Å². The number of carbonyl (C=O) groups excluding carboxylic acids is 1. The van der Waals surface area contributed by atoms with Crippen molar-refractivity contribution in [2.45, 2.75) is 6.92 Å². The van der Waals surface area contributed by atoms with Gasteiger partial charge in [-0.05, 0) is 13.0 Å². The van der Waals surface area contributed by atoms with E-state index in [1.54, 1.807) is 6.92 Å². The second-order valence-corrected chi connectivity index (χ2v) is 3.44. The number of phenols is 1. The molecule has 1 rings (SSSR count). The van der Waals surface area contributed by atoms with Gasteiger partial charge in [-0.15, -0.1) is 0 Å². The summed E-state index contributed by atoms with van der Waals surface area (Å²) in [7, 11) is 1.26. The number of hydrogen-bond donors (Lipinski definition) is 2. The summed E-state index contributed by atoms with van der Waals surface area (Å²) in [5, 5.41) is 23.9. The summed E-state index contributed by atoms with van der Waals surface area (Å²) in [5.74, 6) is -0.648. The van der Waals surface area contributed by atoms with Crippen LogP contribution in [0.1, 0.15) is 12.5 Å². The Balaban J connectivity index is 2.95. The number of nitrogens with one attached hydrogen (secondary N) is 1.